The summed E-state index contributed by atoms with van der Waals surface area (Å²) in [7, 11) is 1.60. The third-order valence-corrected chi connectivity index (χ3v) is 7.52. The Kier molecular flexibility index (Phi) is 9.15. The lowest BCUT2D eigenvalue weighted by Crippen LogP contribution is -2.37. The molecule has 1 saturated heterocycles. The summed E-state index contributed by atoms with van der Waals surface area (Å²) in [4.78, 5) is 16.6. The predicted octanol–water partition coefficient (Wildman–Crippen LogP) is 5.18. The van der Waals surface area contributed by atoms with Crippen LogP contribution in [0.1, 0.15) is 13.3 Å². The Morgan fingerprint density at radius 3 is 2.70 bits per heavy atom. The SMILES string of the molecule is CCCSNc1cccc(-c2cc(OC)c3nc(-c4ccc(NCCN)nc4)nc(N4CCOCC4)c3c2)c1F. The minimum absolute atomic E-state index is 0.313. The van der Waals surface area contributed by atoms with Gasteiger partial charge in [-0.2, -0.15) is 0 Å². The molecule has 4 N–H and O–H groups in total. The van der Waals surface area contributed by atoms with Crippen LogP contribution in [0, 0.1) is 5.82 Å². The Morgan fingerprint density at radius 2 is 1.98 bits per heavy atom. The maximum Gasteiger partial charge on any atom is 0.163 e. The lowest BCUT2D eigenvalue weighted by Gasteiger charge is -2.29. The molecule has 0 unspecified atom stereocenters. The molecule has 9 nitrogen and oxygen atoms in total. The number of nitrogens with one attached hydrogen (secondary N) is 2. The summed E-state index contributed by atoms with van der Waals surface area (Å²) < 4.78 is 30.2. The van der Waals surface area contributed by atoms with Gasteiger partial charge in [-0.15, -0.1) is 0 Å². The van der Waals surface area contributed by atoms with Crippen molar-refractivity contribution in [3.05, 3.63) is 54.5 Å². The molecule has 0 saturated carbocycles. The minimum atomic E-state index is -0.313. The zero-order valence-corrected chi connectivity index (χ0v) is 23.6. The average molecular weight is 564 g/mol. The van der Waals surface area contributed by atoms with Gasteiger partial charge < -0.3 is 30.1 Å². The first-order chi connectivity index (χ1) is 19.6. The number of halogens is 1. The van der Waals surface area contributed by atoms with Crippen molar-refractivity contribution in [2.45, 2.75) is 13.3 Å². The summed E-state index contributed by atoms with van der Waals surface area (Å²) in [6.07, 6.45) is 2.74. The van der Waals surface area contributed by atoms with Crippen molar-refractivity contribution >= 4 is 40.2 Å². The van der Waals surface area contributed by atoms with E-state index in [0.717, 1.165) is 34.8 Å². The third kappa shape index (κ3) is 6.06. The van der Waals surface area contributed by atoms with Gasteiger partial charge in [0.25, 0.3) is 0 Å². The summed E-state index contributed by atoms with van der Waals surface area (Å²) in [6, 6.07) is 13.0. The van der Waals surface area contributed by atoms with Crippen LogP contribution in [0.2, 0.25) is 0 Å². The molecule has 1 aliphatic heterocycles. The fourth-order valence-corrected chi connectivity index (χ4v) is 5.16. The topological polar surface area (TPSA) is 110 Å². The smallest absolute Gasteiger partial charge is 0.163 e. The summed E-state index contributed by atoms with van der Waals surface area (Å²) in [6.45, 7) is 5.80. The van der Waals surface area contributed by atoms with E-state index in [0.29, 0.717) is 73.3 Å². The van der Waals surface area contributed by atoms with E-state index >= 15 is 4.39 Å². The van der Waals surface area contributed by atoms with E-state index in [9.17, 15) is 0 Å². The van der Waals surface area contributed by atoms with Crippen LogP contribution in [0.25, 0.3) is 33.4 Å². The Bertz CT molecular complexity index is 1450. The van der Waals surface area contributed by atoms with Gasteiger partial charge in [-0.05, 0) is 42.3 Å². The van der Waals surface area contributed by atoms with E-state index < -0.39 is 0 Å². The standard InChI is InChI=1S/C29H34FN7O2S/c1-3-15-40-36-23-6-4-5-21(26(23)30)20-16-22-27(24(17-20)38-2)34-28(35-29(22)37-11-13-39-14-12-37)19-7-8-25(33-18-19)32-10-9-31/h4-8,16-18,36H,3,9-15,31H2,1-2H3,(H,32,33). The van der Waals surface area contributed by atoms with Crippen LogP contribution in [0.15, 0.2) is 48.7 Å². The number of benzene rings is 2. The van der Waals surface area contributed by atoms with E-state index in [2.05, 4.69) is 26.8 Å². The van der Waals surface area contributed by atoms with Crippen molar-refractivity contribution in [3.63, 3.8) is 0 Å². The molecule has 2 aromatic heterocycles. The van der Waals surface area contributed by atoms with Crippen LogP contribution in [-0.4, -0.2) is 67.2 Å². The molecule has 5 rings (SSSR count). The van der Waals surface area contributed by atoms with Crippen molar-refractivity contribution in [1.82, 2.24) is 15.0 Å². The van der Waals surface area contributed by atoms with Crippen LogP contribution < -0.4 is 25.4 Å². The quantitative estimate of drug-likeness (QED) is 0.167. The minimum Gasteiger partial charge on any atom is -0.494 e. The lowest BCUT2D eigenvalue weighted by molar-refractivity contribution is 0.122. The largest absolute Gasteiger partial charge is 0.494 e. The number of anilines is 3. The normalized spacial score (nSPS) is 13.4. The fraction of sp³-hybridized carbons (Fsp3) is 0.345. The van der Waals surface area contributed by atoms with Crippen molar-refractivity contribution < 1.29 is 13.9 Å². The maximum absolute atomic E-state index is 15.7. The van der Waals surface area contributed by atoms with Crippen molar-refractivity contribution in [3.8, 4) is 28.3 Å². The van der Waals surface area contributed by atoms with Gasteiger partial charge in [0, 0.05) is 54.6 Å². The van der Waals surface area contributed by atoms with Crippen molar-refractivity contribution in [2.75, 3.05) is 67.2 Å². The zero-order chi connectivity index (χ0) is 27.9. The monoisotopic (exact) mass is 563 g/mol. The lowest BCUT2D eigenvalue weighted by atomic mass is 10.0. The second-order valence-electron chi connectivity index (χ2n) is 9.31. The molecule has 2 aromatic carbocycles. The van der Waals surface area contributed by atoms with Gasteiger partial charge in [0.2, 0.25) is 0 Å². The first-order valence-corrected chi connectivity index (χ1v) is 14.4. The fourth-order valence-electron chi connectivity index (χ4n) is 4.54. The highest BCUT2D eigenvalue weighted by molar-refractivity contribution is 8.00. The molecule has 210 valence electrons. The third-order valence-electron chi connectivity index (χ3n) is 6.55. The molecule has 0 amide bonds. The van der Waals surface area contributed by atoms with Crippen LogP contribution >= 0.6 is 11.9 Å². The number of methoxy groups -OCH3 is 1. The van der Waals surface area contributed by atoms with Crippen LogP contribution in [-0.2, 0) is 4.74 Å². The molecule has 4 aromatic rings. The van der Waals surface area contributed by atoms with Gasteiger partial charge in [-0.1, -0.05) is 31.0 Å². The first-order valence-electron chi connectivity index (χ1n) is 13.4. The van der Waals surface area contributed by atoms with E-state index in [1.54, 1.807) is 25.4 Å². The molecule has 3 heterocycles. The predicted molar refractivity (Wildman–Crippen MR) is 162 cm³/mol. The summed E-state index contributed by atoms with van der Waals surface area (Å²) in [5, 5.41) is 3.96. The molecular weight excluding hydrogens is 529 g/mol. The highest BCUT2D eigenvalue weighted by Gasteiger charge is 2.22. The van der Waals surface area contributed by atoms with Crippen LogP contribution in [0.3, 0.4) is 0 Å². The number of pyridine rings is 1. The Hall–Kier alpha value is -3.67. The number of morpholine rings is 1. The van der Waals surface area contributed by atoms with E-state index in [1.807, 2.05) is 30.3 Å². The Balaban J connectivity index is 1.63. The number of hydrogen-bond donors (Lipinski definition) is 3. The molecule has 0 atom stereocenters. The van der Waals surface area contributed by atoms with Crippen molar-refractivity contribution in [1.29, 1.82) is 0 Å². The Morgan fingerprint density at radius 1 is 1.12 bits per heavy atom. The molecule has 1 fully saturated rings. The second kappa shape index (κ2) is 13.1. The number of nitrogens with two attached hydrogens (primary N) is 1. The molecule has 11 heteroatoms. The molecule has 1 aliphatic rings. The van der Waals surface area contributed by atoms with Gasteiger partial charge in [-0.25, -0.2) is 19.3 Å². The first kappa shape index (κ1) is 27.9. The van der Waals surface area contributed by atoms with Crippen LogP contribution in [0.5, 0.6) is 5.75 Å². The number of hydrogen-bond acceptors (Lipinski definition) is 10. The summed E-state index contributed by atoms with van der Waals surface area (Å²) in [5.41, 5.74) is 8.63. The summed E-state index contributed by atoms with van der Waals surface area (Å²) >= 11 is 1.49. The summed E-state index contributed by atoms with van der Waals surface area (Å²) in [5.74, 6) is 3.13. The van der Waals surface area contributed by atoms with E-state index in [-0.39, 0.29) is 5.82 Å². The van der Waals surface area contributed by atoms with Gasteiger partial charge >= 0.3 is 0 Å². The maximum atomic E-state index is 15.7. The highest BCUT2D eigenvalue weighted by Crippen LogP contribution is 2.39. The van der Waals surface area contributed by atoms with Crippen molar-refractivity contribution in [2.24, 2.45) is 5.73 Å². The number of rotatable bonds is 11. The number of aromatic nitrogens is 3. The van der Waals surface area contributed by atoms with Gasteiger partial charge in [0.1, 0.15) is 22.9 Å². The Labute approximate surface area is 237 Å². The molecular formula is C29H34FN7O2S. The van der Waals surface area contributed by atoms with E-state index in [4.69, 9.17) is 25.2 Å². The number of fused-ring (bicyclic) bond motifs is 1. The molecule has 0 radical (unpaired) electrons. The van der Waals surface area contributed by atoms with Crippen LogP contribution in [0.4, 0.5) is 21.7 Å². The average Bonchev–Trinajstić information content (AvgIpc) is 3.00. The second-order valence-corrected chi connectivity index (χ2v) is 10.2. The molecule has 40 heavy (non-hydrogen) atoms. The van der Waals surface area contributed by atoms with Gasteiger partial charge in [-0.3, -0.25) is 0 Å². The highest BCUT2D eigenvalue weighted by atomic mass is 32.2. The van der Waals surface area contributed by atoms with Gasteiger partial charge in [0.15, 0.2) is 11.6 Å². The van der Waals surface area contributed by atoms with Gasteiger partial charge in [0.05, 0.1) is 26.0 Å². The molecule has 0 spiro atoms. The van der Waals surface area contributed by atoms with E-state index in [1.165, 1.54) is 11.9 Å². The number of nitrogens with zero attached hydrogens (tertiary/aromatic N) is 4. The zero-order valence-electron chi connectivity index (χ0n) is 22.7. The molecule has 0 bridgehead atoms. The number of ether oxygens (including phenoxy) is 2. The molecule has 0 aliphatic carbocycles.